The van der Waals surface area contributed by atoms with E-state index < -0.39 is 0 Å². The van der Waals surface area contributed by atoms with Gasteiger partial charge in [-0.1, -0.05) is 6.07 Å². The van der Waals surface area contributed by atoms with E-state index in [1.54, 1.807) is 11.8 Å². The fraction of sp³-hybridized carbons (Fsp3) is 0.364. The molecule has 0 aliphatic carbocycles. The smallest absolute Gasteiger partial charge is 0.237 e. The van der Waals surface area contributed by atoms with Crippen molar-refractivity contribution in [3.05, 3.63) is 23.8 Å². The number of nitrogens with two attached hydrogens (primary N) is 1. The fourth-order valence-electron chi connectivity index (χ4n) is 1.55. The average Bonchev–Trinajstić information content (AvgIpc) is 2.29. The summed E-state index contributed by atoms with van der Waals surface area (Å²) in [5.41, 5.74) is 7.63. The number of halogens is 1. The Morgan fingerprint density at radius 1 is 1.62 bits per heavy atom. The van der Waals surface area contributed by atoms with Gasteiger partial charge >= 0.3 is 0 Å². The number of carbonyl (C=O) groups is 1. The van der Waals surface area contributed by atoms with Crippen molar-refractivity contribution in [2.45, 2.75) is 23.1 Å². The van der Waals surface area contributed by atoms with Crippen LogP contribution in [-0.4, -0.2) is 17.0 Å². The Kier molecular flexibility index (Phi) is 3.42. The molecule has 0 fully saturated rings. The predicted molar refractivity (Wildman–Crippen MR) is 68.0 cm³/mol. The number of amides is 1. The Morgan fingerprint density at radius 2 is 2.38 bits per heavy atom. The number of hydrogen-bond donors (Lipinski definition) is 2. The molecule has 0 radical (unpaired) electrons. The van der Waals surface area contributed by atoms with Crippen molar-refractivity contribution < 1.29 is 4.79 Å². The first-order valence-corrected chi connectivity index (χ1v) is 6.46. The zero-order valence-electron chi connectivity index (χ0n) is 8.87. The normalized spacial score (nSPS) is 21.2. The molecule has 2 atom stereocenters. The first kappa shape index (κ1) is 11.8. The SMILES string of the molecule is CC1Sc2ccc(C(N)CCl)cc2NC1=O. The molecule has 2 rings (SSSR count). The second-order valence-corrected chi connectivity index (χ2v) is 5.46. The van der Waals surface area contributed by atoms with Crippen LogP contribution in [0.15, 0.2) is 23.1 Å². The molecule has 1 aromatic rings. The molecule has 0 spiro atoms. The van der Waals surface area contributed by atoms with Crippen LogP contribution in [0.2, 0.25) is 0 Å². The number of rotatable bonds is 2. The fourth-order valence-corrected chi connectivity index (χ4v) is 2.65. The van der Waals surface area contributed by atoms with E-state index >= 15 is 0 Å². The van der Waals surface area contributed by atoms with Crippen LogP contribution in [0.25, 0.3) is 0 Å². The molecule has 1 amide bonds. The summed E-state index contributed by atoms with van der Waals surface area (Å²) < 4.78 is 0. The molecule has 1 aliphatic heterocycles. The van der Waals surface area contributed by atoms with Crippen LogP contribution in [0.3, 0.4) is 0 Å². The summed E-state index contributed by atoms with van der Waals surface area (Å²) >= 11 is 7.27. The highest BCUT2D eigenvalue weighted by molar-refractivity contribution is 8.00. The maximum absolute atomic E-state index is 11.5. The summed E-state index contributed by atoms with van der Waals surface area (Å²) in [4.78, 5) is 12.6. The van der Waals surface area contributed by atoms with Crippen LogP contribution in [0.5, 0.6) is 0 Å². The number of thioether (sulfide) groups is 1. The molecular formula is C11H13ClN2OS. The van der Waals surface area contributed by atoms with Gasteiger partial charge in [0, 0.05) is 16.8 Å². The molecule has 1 heterocycles. The minimum absolute atomic E-state index is 0.0362. The maximum atomic E-state index is 11.5. The summed E-state index contributed by atoms with van der Waals surface area (Å²) in [6, 6.07) is 5.66. The lowest BCUT2D eigenvalue weighted by Crippen LogP contribution is -2.26. The lowest BCUT2D eigenvalue weighted by atomic mass is 10.1. The van der Waals surface area contributed by atoms with Crippen LogP contribution in [-0.2, 0) is 4.79 Å². The zero-order chi connectivity index (χ0) is 11.7. The molecule has 5 heteroatoms. The number of carbonyl (C=O) groups excluding carboxylic acids is 1. The minimum atomic E-state index is -0.187. The first-order chi connectivity index (χ1) is 7.61. The summed E-state index contributed by atoms with van der Waals surface area (Å²) in [5, 5.41) is 2.83. The molecule has 1 aromatic carbocycles. The highest BCUT2D eigenvalue weighted by Gasteiger charge is 2.23. The van der Waals surface area contributed by atoms with Gasteiger partial charge in [-0.2, -0.15) is 0 Å². The van der Waals surface area contributed by atoms with E-state index in [0.29, 0.717) is 5.88 Å². The third kappa shape index (κ3) is 2.19. The van der Waals surface area contributed by atoms with E-state index in [1.165, 1.54) is 0 Å². The van der Waals surface area contributed by atoms with Crippen molar-refractivity contribution in [3.8, 4) is 0 Å². The lowest BCUT2D eigenvalue weighted by molar-refractivity contribution is -0.115. The van der Waals surface area contributed by atoms with Crippen LogP contribution < -0.4 is 11.1 Å². The third-order valence-electron chi connectivity index (χ3n) is 2.53. The second kappa shape index (κ2) is 4.65. The predicted octanol–water partition coefficient (Wildman–Crippen LogP) is 2.36. The van der Waals surface area contributed by atoms with Crippen LogP contribution in [0, 0.1) is 0 Å². The van der Waals surface area contributed by atoms with Crippen LogP contribution >= 0.6 is 23.4 Å². The standard InChI is InChI=1S/C11H13ClN2OS/c1-6-11(15)14-9-4-7(8(13)5-12)2-3-10(9)16-6/h2-4,6,8H,5,13H2,1H3,(H,14,15). The summed E-state index contributed by atoms with van der Waals surface area (Å²) in [5.74, 6) is 0.408. The van der Waals surface area contributed by atoms with Gasteiger partial charge in [0.1, 0.15) is 0 Å². The molecule has 0 saturated carbocycles. The largest absolute Gasteiger partial charge is 0.324 e. The van der Waals surface area contributed by atoms with Gasteiger partial charge in [-0.05, 0) is 24.6 Å². The van der Waals surface area contributed by atoms with E-state index in [-0.39, 0.29) is 17.2 Å². The Hall–Kier alpha value is -0.710. The zero-order valence-corrected chi connectivity index (χ0v) is 10.4. The molecular weight excluding hydrogens is 244 g/mol. The van der Waals surface area contributed by atoms with Gasteiger partial charge in [0.2, 0.25) is 5.91 Å². The number of fused-ring (bicyclic) bond motifs is 1. The van der Waals surface area contributed by atoms with Crippen LogP contribution in [0.4, 0.5) is 5.69 Å². The molecule has 3 N–H and O–H groups in total. The van der Waals surface area contributed by atoms with E-state index in [4.69, 9.17) is 17.3 Å². The molecule has 86 valence electrons. The average molecular weight is 257 g/mol. The summed E-state index contributed by atoms with van der Waals surface area (Å²) in [6.45, 7) is 1.89. The Bertz CT molecular complexity index is 424. The maximum Gasteiger partial charge on any atom is 0.237 e. The van der Waals surface area contributed by atoms with E-state index in [9.17, 15) is 4.79 Å². The van der Waals surface area contributed by atoms with Crippen molar-refractivity contribution in [2.75, 3.05) is 11.2 Å². The molecule has 0 bridgehead atoms. The minimum Gasteiger partial charge on any atom is -0.324 e. The number of benzene rings is 1. The highest BCUT2D eigenvalue weighted by Crippen LogP contribution is 2.36. The Morgan fingerprint density at radius 3 is 3.06 bits per heavy atom. The topological polar surface area (TPSA) is 55.1 Å². The van der Waals surface area contributed by atoms with Gasteiger partial charge in [-0.25, -0.2) is 0 Å². The monoisotopic (exact) mass is 256 g/mol. The molecule has 0 aromatic heterocycles. The van der Waals surface area contributed by atoms with E-state index in [1.807, 2.05) is 25.1 Å². The van der Waals surface area contributed by atoms with Gasteiger partial charge in [0.25, 0.3) is 0 Å². The molecule has 2 unspecified atom stereocenters. The molecule has 0 saturated heterocycles. The number of hydrogen-bond acceptors (Lipinski definition) is 3. The number of anilines is 1. The highest BCUT2D eigenvalue weighted by atomic mass is 35.5. The molecule has 3 nitrogen and oxygen atoms in total. The third-order valence-corrected chi connectivity index (χ3v) is 4.04. The van der Waals surface area contributed by atoms with Crippen molar-refractivity contribution >= 4 is 35.0 Å². The van der Waals surface area contributed by atoms with Crippen molar-refractivity contribution in [1.29, 1.82) is 0 Å². The van der Waals surface area contributed by atoms with E-state index in [0.717, 1.165) is 16.1 Å². The lowest BCUT2D eigenvalue weighted by Gasteiger charge is -2.22. The van der Waals surface area contributed by atoms with Gasteiger partial charge in [-0.15, -0.1) is 23.4 Å². The Balaban J connectivity index is 2.32. The van der Waals surface area contributed by atoms with Gasteiger partial charge in [-0.3, -0.25) is 4.79 Å². The Labute approximate surface area is 104 Å². The molecule has 1 aliphatic rings. The van der Waals surface area contributed by atoms with Gasteiger partial charge in [0.05, 0.1) is 10.9 Å². The van der Waals surface area contributed by atoms with E-state index in [2.05, 4.69) is 5.32 Å². The van der Waals surface area contributed by atoms with Crippen LogP contribution in [0.1, 0.15) is 18.5 Å². The van der Waals surface area contributed by atoms with Crippen molar-refractivity contribution in [2.24, 2.45) is 5.73 Å². The first-order valence-electron chi connectivity index (χ1n) is 5.05. The van der Waals surface area contributed by atoms with Gasteiger partial charge < -0.3 is 11.1 Å². The summed E-state index contributed by atoms with van der Waals surface area (Å²) in [7, 11) is 0. The van der Waals surface area contributed by atoms with Crippen molar-refractivity contribution in [1.82, 2.24) is 0 Å². The second-order valence-electron chi connectivity index (χ2n) is 3.77. The number of alkyl halides is 1. The summed E-state index contributed by atoms with van der Waals surface area (Å²) in [6.07, 6.45) is 0. The van der Waals surface area contributed by atoms with Gasteiger partial charge in [0.15, 0.2) is 0 Å². The quantitative estimate of drug-likeness (QED) is 0.799. The number of nitrogens with one attached hydrogen (secondary N) is 1. The van der Waals surface area contributed by atoms with Crippen molar-refractivity contribution in [3.63, 3.8) is 0 Å². The molecule has 16 heavy (non-hydrogen) atoms.